The summed E-state index contributed by atoms with van der Waals surface area (Å²) in [5.41, 5.74) is 1.58. The Morgan fingerprint density at radius 3 is 2.96 bits per heavy atom. The summed E-state index contributed by atoms with van der Waals surface area (Å²) in [7, 11) is 0. The lowest BCUT2D eigenvalue weighted by molar-refractivity contribution is -0.0172. The largest absolute Gasteiger partial charge is 0.467 e. The fourth-order valence-electron chi connectivity index (χ4n) is 2.66. The van der Waals surface area contributed by atoms with Crippen LogP contribution in [0.1, 0.15) is 23.8 Å². The van der Waals surface area contributed by atoms with Gasteiger partial charge in [0.1, 0.15) is 23.9 Å². The van der Waals surface area contributed by atoms with Gasteiger partial charge in [-0.3, -0.25) is 0 Å². The van der Waals surface area contributed by atoms with Crippen molar-refractivity contribution in [2.45, 2.75) is 26.5 Å². The minimum absolute atomic E-state index is 0. The number of halogens is 2. The van der Waals surface area contributed by atoms with Gasteiger partial charge in [-0.25, -0.2) is 9.38 Å². The molecule has 0 saturated heterocycles. The summed E-state index contributed by atoms with van der Waals surface area (Å²) in [6.45, 7) is 4.38. The molecule has 0 fully saturated rings. The molecular weight excluding hydrogens is 452 g/mol. The number of ether oxygens (including phenoxy) is 2. The molecule has 0 atom stereocenters. The van der Waals surface area contributed by atoms with Crippen LogP contribution in [0.2, 0.25) is 0 Å². The molecule has 1 aromatic heterocycles. The van der Waals surface area contributed by atoms with E-state index in [4.69, 9.17) is 13.9 Å². The van der Waals surface area contributed by atoms with Crippen LogP contribution in [0.4, 0.5) is 4.39 Å². The summed E-state index contributed by atoms with van der Waals surface area (Å²) in [4.78, 5) is 4.47. The van der Waals surface area contributed by atoms with Crippen LogP contribution in [0.3, 0.4) is 0 Å². The normalized spacial score (nSPS) is 13.4. The SMILES string of the molecule is CCNC(=NCc1ccco1)NCCc1cc(F)cc2c1OCOC2.I. The lowest BCUT2D eigenvalue weighted by atomic mass is 10.1. The van der Waals surface area contributed by atoms with Crippen molar-refractivity contribution >= 4 is 29.9 Å². The maximum absolute atomic E-state index is 13.8. The van der Waals surface area contributed by atoms with Crippen LogP contribution in [0, 0.1) is 5.82 Å². The number of nitrogens with zero attached hydrogens (tertiary/aromatic N) is 1. The Morgan fingerprint density at radius 1 is 1.31 bits per heavy atom. The van der Waals surface area contributed by atoms with E-state index in [9.17, 15) is 4.39 Å². The van der Waals surface area contributed by atoms with Crippen LogP contribution >= 0.6 is 24.0 Å². The van der Waals surface area contributed by atoms with Crippen molar-refractivity contribution in [1.29, 1.82) is 0 Å². The highest BCUT2D eigenvalue weighted by Crippen LogP contribution is 2.29. The van der Waals surface area contributed by atoms with E-state index >= 15 is 0 Å². The average Bonchev–Trinajstić information content (AvgIpc) is 3.13. The molecule has 0 aliphatic carbocycles. The van der Waals surface area contributed by atoms with E-state index in [0.29, 0.717) is 32.1 Å². The zero-order valence-corrected chi connectivity index (χ0v) is 16.9. The Balaban J connectivity index is 0.00000243. The lowest BCUT2D eigenvalue weighted by Gasteiger charge is -2.21. The van der Waals surface area contributed by atoms with Crippen molar-refractivity contribution in [1.82, 2.24) is 10.6 Å². The summed E-state index contributed by atoms with van der Waals surface area (Å²) in [6, 6.07) is 6.69. The number of benzene rings is 1. The zero-order chi connectivity index (χ0) is 17.5. The standard InChI is InChI=1S/C18H22FN3O3.HI/c1-2-20-18(22-10-16-4-3-7-24-16)21-6-5-13-8-15(19)9-14-11-23-12-25-17(13)14;/h3-4,7-9H,2,5-6,10-12H2,1H3,(H2,20,21,22);1H. The number of fused-ring (bicyclic) bond motifs is 1. The molecule has 6 nitrogen and oxygen atoms in total. The smallest absolute Gasteiger partial charge is 0.191 e. The van der Waals surface area contributed by atoms with Gasteiger partial charge in [0, 0.05) is 18.7 Å². The average molecular weight is 475 g/mol. The van der Waals surface area contributed by atoms with Gasteiger partial charge < -0.3 is 24.5 Å². The Morgan fingerprint density at radius 2 is 2.19 bits per heavy atom. The third-order valence-electron chi connectivity index (χ3n) is 3.76. The van der Waals surface area contributed by atoms with Crippen LogP contribution in [0.15, 0.2) is 39.9 Å². The molecule has 0 unspecified atom stereocenters. The van der Waals surface area contributed by atoms with Crippen molar-refractivity contribution in [2.75, 3.05) is 19.9 Å². The van der Waals surface area contributed by atoms with Gasteiger partial charge in [-0.2, -0.15) is 0 Å². The van der Waals surface area contributed by atoms with Crippen molar-refractivity contribution < 1.29 is 18.3 Å². The first-order chi connectivity index (χ1) is 12.3. The number of hydrogen-bond donors (Lipinski definition) is 2. The third kappa shape index (κ3) is 5.60. The molecular formula is C18H23FIN3O3. The molecule has 1 aliphatic rings. The molecule has 142 valence electrons. The van der Waals surface area contributed by atoms with E-state index in [1.54, 1.807) is 6.26 Å². The third-order valence-corrected chi connectivity index (χ3v) is 3.76. The zero-order valence-electron chi connectivity index (χ0n) is 14.6. The minimum Gasteiger partial charge on any atom is -0.467 e. The first-order valence-corrected chi connectivity index (χ1v) is 8.32. The first-order valence-electron chi connectivity index (χ1n) is 8.32. The van der Waals surface area contributed by atoms with Crippen LogP contribution in [-0.2, 0) is 24.3 Å². The van der Waals surface area contributed by atoms with Crippen molar-refractivity contribution in [2.24, 2.45) is 4.99 Å². The predicted molar refractivity (Wildman–Crippen MR) is 107 cm³/mol. The molecule has 1 aliphatic heterocycles. The molecule has 2 N–H and O–H groups in total. The van der Waals surface area contributed by atoms with Crippen LogP contribution < -0.4 is 15.4 Å². The summed E-state index contributed by atoms with van der Waals surface area (Å²) in [5, 5.41) is 6.42. The highest BCUT2D eigenvalue weighted by Gasteiger charge is 2.16. The second-order valence-corrected chi connectivity index (χ2v) is 5.62. The lowest BCUT2D eigenvalue weighted by Crippen LogP contribution is -2.38. The molecule has 0 amide bonds. The van der Waals surface area contributed by atoms with E-state index in [1.165, 1.54) is 12.1 Å². The van der Waals surface area contributed by atoms with E-state index in [0.717, 1.165) is 29.2 Å². The van der Waals surface area contributed by atoms with E-state index < -0.39 is 0 Å². The molecule has 3 rings (SSSR count). The minimum atomic E-state index is -0.277. The summed E-state index contributed by atoms with van der Waals surface area (Å²) < 4.78 is 29.8. The summed E-state index contributed by atoms with van der Waals surface area (Å²) >= 11 is 0. The van der Waals surface area contributed by atoms with E-state index in [2.05, 4.69) is 15.6 Å². The number of rotatable bonds is 6. The van der Waals surface area contributed by atoms with Gasteiger partial charge in [0.15, 0.2) is 12.8 Å². The van der Waals surface area contributed by atoms with Gasteiger partial charge in [-0.15, -0.1) is 24.0 Å². The summed E-state index contributed by atoms with van der Waals surface area (Å²) in [5.74, 6) is 1.94. The van der Waals surface area contributed by atoms with Gasteiger partial charge in [-0.05, 0) is 43.2 Å². The summed E-state index contributed by atoms with van der Waals surface area (Å²) in [6.07, 6.45) is 2.24. The first kappa shape index (κ1) is 20.5. The fraction of sp³-hybridized carbons (Fsp3) is 0.389. The highest BCUT2D eigenvalue weighted by atomic mass is 127. The molecule has 0 radical (unpaired) electrons. The van der Waals surface area contributed by atoms with Crippen LogP contribution in [-0.4, -0.2) is 25.8 Å². The molecule has 2 aromatic rings. The maximum Gasteiger partial charge on any atom is 0.191 e. The Kier molecular flexibility index (Phi) is 8.17. The quantitative estimate of drug-likeness (QED) is 0.382. The molecule has 8 heteroatoms. The van der Waals surface area contributed by atoms with E-state index in [1.807, 2.05) is 19.1 Å². The highest BCUT2D eigenvalue weighted by molar-refractivity contribution is 14.0. The molecule has 26 heavy (non-hydrogen) atoms. The predicted octanol–water partition coefficient (Wildman–Crippen LogP) is 3.20. The monoisotopic (exact) mass is 475 g/mol. The second-order valence-electron chi connectivity index (χ2n) is 5.62. The Bertz CT molecular complexity index is 723. The second kappa shape index (κ2) is 10.4. The van der Waals surface area contributed by atoms with Gasteiger partial charge in [0.05, 0.1) is 12.9 Å². The number of guanidine groups is 1. The number of nitrogens with one attached hydrogen (secondary N) is 2. The van der Waals surface area contributed by atoms with Gasteiger partial charge in [0.2, 0.25) is 0 Å². The number of hydrogen-bond acceptors (Lipinski definition) is 4. The molecule has 2 heterocycles. The van der Waals surface area contributed by atoms with Crippen molar-refractivity contribution in [3.63, 3.8) is 0 Å². The molecule has 1 aromatic carbocycles. The fourth-order valence-corrected chi connectivity index (χ4v) is 2.66. The van der Waals surface area contributed by atoms with Gasteiger partial charge >= 0.3 is 0 Å². The van der Waals surface area contributed by atoms with Gasteiger partial charge in [0.25, 0.3) is 0 Å². The molecule has 0 saturated carbocycles. The number of aliphatic imine (C=N–C) groups is 1. The van der Waals surface area contributed by atoms with Crippen LogP contribution in [0.5, 0.6) is 5.75 Å². The van der Waals surface area contributed by atoms with Gasteiger partial charge in [-0.1, -0.05) is 0 Å². The molecule has 0 bridgehead atoms. The van der Waals surface area contributed by atoms with Crippen molar-refractivity contribution in [3.8, 4) is 5.75 Å². The molecule has 0 spiro atoms. The number of furan rings is 1. The topological polar surface area (TPSA) is 68.0 Å². The van der Waals surface area contributed by atoms with Crippen LogP contribution in [0.25, 0.3) is 0 Å². The maximum atomic E-state index is 13.8. The Labute approximate surface area is 169 Å². The van der Waals surface area contributed by atoms with Crippen molar-refractivity contribution in [3.05, 3.63) is 53.2 Å². The Hall–Kier alpha value is -1.81. The van der Waals surface area contributed by atoms with E-state index in [-0.39, 0.29) is 36.6 Å².